The third-order valence-corrected chi connectivity index (χ3v) is 15.5. The molecule has 6 aliphatic heterocycles. The first kappa shape index (κ1) is 68.4. The fourth-order valence-corrected chi connectivity index (χ4v) is 10.7. The Morgan fingerprint density at radius 3 is 1.25 bits per heavy atom. The molecule has 6 amide bonds. The molecule has 12 rings (SSSR count). The van der Waals surface area contributed by atoms with Crippen LogP contribution >= 0.6 is 0 Å². The molecule has 504 valence electrons. The summed E-state index contributed by atoms with van der Waals surface area (Å²) in [4.78, 5) is 73.8. The number of amides is 6. The Labute approximate surface area is 542 Å². The number of benzene rings is 6. The molecule has 96 heavy (non-hydrogen) atoms. The summed E-state index contributed by atoms with van der Waals surface area (Å²) in [5.74, 6) is -0.645. The highest BCUT2D eigenvalue weighted by Gasteiger charge is 2.37. The number of allylic oxidation sites excluding steroid dienone is 3. The van der Waals surface area contributed by atoms with Crippen molar-refractivity contribution in [2.75, 3.05) is 58.3 Å². The number of anilines is 6. The number of carbonyl (C=O) groups is 6. The summed E-state index contributed by atoms with van der Waals surface area (Å²) in [6.45, 7) is 5.51. The van der Waals surface area contributed by atoms with E-state index in [1.807, 2.05) is 0 Å². The lowest BCUT2D eigenvalue weighted by molar-refractivity contribution is -0.138. The lowest BCUT2D eigenvalue weighted by atomic mass is 9.99. The van der Waals surface area contributed by atoms with Gasteiger partial charge in [-0.2, -0.15) is 39.5 Å². The third-order valence-electron chi connectivity index (χ3n) is 15.5. The monoisotopic (exact) mass is 1340 g/mol. The molecule has 2 atom stereocenters. The van der Waals surface area contributed by atoms with Gasteiger partial charge in [0.25, 0.3) is 17.7 Å². The molecular weight excluding hydrogens is 1280 g/mol. The van der Waals surface area contributed by atoms with E-state index in [0.29, 0.717) is 123 Å². The van der Waals surface area contributed by atoms with Crippen molar-refractivity contribution >= 4 is 86.3 Å². The number of carbonyl (C=O) groups excluding carboxylic acids is 6. The van der Waals surface area contributed by atoms with Crippen LogP contribution in [-0.2, 0) is 47.3 Å². The Morgan fingerprint density at radius 1 is 0.500 bits per heavy atom. The number of nitrogens with one attached hydrogen (secondary N) is 6. The van der Waals surface area contributed by atoms with Gasteiger partial charge in [0, 0.05) is 65.0 Å². The van der Waals surface area contributed by atoms with Gasteiger partial charge in [-0.05, 0) is 167 Å². The molecule has 0 saturated heterocycles. The van der Waals surface area contributed by atoms with Gasteiger partial charge >= 0.3 is 18.5 Å². The standard InChI is InChI=1S/C23H21F3N2O5.C23H21F3N2O4.C22H19F3N2O4/c24-23(25,26)14-3-5-16-13(2-1-9-32-20(16)11-14)10-21(30)27-15-4-6-18-17(12-15)28-22(31)19(33-18)7-8-29;1-22(2)21(30)28-17-12-15(6-8-18(17)32-22)27-20(29)10-13-4-3-9-31-19-11-14(23(24,25)26)5-7-16(13)19;1-12-21(29)27-17-11-15(5-7-18(17)31-12)26-20(28)9-13-3-2-8-30-19-10-14(22(23,24)25)4-6-16(13)19/h3-6,10-12,19,29H,1-2,7-9H2,(H,27,30)(H,28,31);5-8,10-12H,3-4,9H2,1-2H3,(H,27,29)(H,28,30);4-7,9-12H,2-3,8H2,1H3,(H,26,28)(H,27,29)/b2*13-10+;13-9+. The van der Waals surface area contributed by atoms with Crippen LogP contribution in [0.3, 0.4) is 0 Å². The number of hydrogen-bond acceptors (Lipinski definition) is 13. The van der Waals surface area contributed by atoms with E-state index in [9.17, 15) is 68.3 Å². The number of halogens is 9. The third kappa shape index (κ3) is 16.7. The lowest BCUT2D eigenvalue weighted by Crippen LogP contribution is -2.45. The molecular formula is C68H61F9N6O13. The van der Waals surface area contributed by atoms with Gasteiger partial charge in [0.2, 0.25) is 17.7 Å². The van der Waals surface area contributed by atoms with Gasteiger partial charge in [-0.25, -0.2) is 0 Å². The predicted molar refractivity (Wildman–Crippen MR) is 334 cm³/mol. The molecule has 0 spiro atoms. The molecule has 6 heterocycles. The van der Waals surface area contributed by atoms with E-state index in [-0.39, 0.29) is 61.9 Å². The van der Waals surface area contributed by atoms with Crippen molar-refractivity contribution in [1.82, 2.24) is 0 Å². The van der Waals surface area contributed by atoms with Crippen molar-refractivity contribution in [2.24, 2.45) is 0 Å². The van der Waals surface area contributed by atoms with Crippen LogP contribution in [0.15, 0.2) is 127 Å². The number of hydrogen-bond donors (Lipinski definition) is 7. The Morgan fingerprint density at radius 2 is 0.865 bits per heavy atom. The summed E-state index contributed by atoms with van der Waals surface area (Å²) >= 11 is 0. The first-order valence-corrected chi connectivity index (χ1v) is 30.0. The Hall–Kier alpha value is -10.5. The fourth-order valence-electron chi connectivity index (χ4n) is 10.7. The first-order chi connectivity index (χ1) is 45.5. The number of aliphatic hydroxyl groups excluding tert-OH is 1. The zero-order chi connectivity index (χ0) is 68.9. The van der Waals surface area contributed by atoms with Crippen molar-refractivity contribution in [2.45, 2.75) is 102 Å². The highest BCUT2D eigenvalue weighted by molar-refractivity contribution is 6.08. The zero-order valence-electron chi connectivity index (χ0n) is 51.3. The van der Waals surface area contributed by atoms with Gasteiger partial charge < -0.3 is 65.4 Å². The van der Waals surface area contributed by atoms with Crippen LogP contribution in [0.1, 0.15) is 99.1 Å². The average Bonchev–Trinajstić information content (AvgIpc) is 2.21. The second-order valence-corrected chi connectivity index (χ2v) is 23.0. The molecule has 0 bridgehead atoms. The quantitative estimate of drug-likeness (QED) is 0.0554. The minimum atomic E-state index is -4.49. The molecule has 6 aromatic rings. The van der Waals surface area contributed by atoms with E-state index in [1.54, 1.807) is 75.4 Å². The molecule has 0 aromatic heterocycles. The number of rotatable bonds is 8. The van der Waals surface area contributed by atoms with Crippen LogP contribution in [0.4, 0.5) is 73.6 Å². The van der Waals surface area contributed by atoms with Crippen molar-refractivity contribution in [3.8, 4) is 34.5 Å². The maximum atomic E-state index is 13.0. The summed E-state index contributed by atoms with van der Waals surface area (Å²) in [7, 11) is 0. The van der Waals surface area contributed by atoms with Gasteiger partial charge in [0.1, 0.15) is 34.5 Å². The van der Waals surface area contributed by atoms with Crippen LogP contribution in [0.5, 0.6) is 34.5 Å². The molecule has 0 aliphatic carbocycles. The minimum absolute atomic E-state index is 0.0902. The van der Waals surface area contributed by atoms with Gasteiger partial charge in [-0.3, -0.25) is 28.8 Å². The van der Waals surface area contributed by atoms with Crippen LogP contribution in [0.2, 0.25) is 0 Å². The van der Waals surface area contributed by atoms with Crippen LogP contribution in [-0.4, -0.2) is 84.8 Å². The Balaban J connectivity index is 0.000000157. The maximum absolute atomic E-state index is 13.0. The van der Waals surface area contributed by atoms with Gasteiger partial charge in [-0.1, -0.05) is 18.2 Å². The van der Waals surface area contributed by atoms with Crippen molar-refractivity contribution < 1.29 is 102 Å². The number of fused-ring (bicyclic) bond motifs is 6. The number of aliphatic hydroxyl groups is 1. The fraction of sp³-hybridized carbons (Fsp3) is 0.294. The second-order valence-electron chi connectivity index (χ2n) is 23.0. The number of alkyl halides is 9. The van der Waals surface area contributed by atoms with Gasteiger partial charge in [0.05, 0.1) is 53.6 Å². The predicted octanol–water partition coefficient (Wildman–Crippen LogP) is 13.6. The molecule has 6 aromatic carbocycles. The maximum Gasteiger partial charge on any atom is 0.416 e. The number of ether oxygens (including phenoxy) is 6. The molecule has 19 nitrogen and oxygen atoms in total. The second kappa shape index (κ2) is 28.2. The molecule has 0 saturated carbocycles. The van der Waals surface area contributed by atoms with Crippen molar-refractivity contribution in [3.63, 3.8) is 0 Å². The van der Waals surface area contributed by atoms with E-state index in [4.69, 9.17) is 33.5 Å². The summed E-state index contributed by atoms with van der Waals surface area (Å²) in [6.07, 6.45) is -7.52. The smallest absolute Gasteiger partial charge is 0.416 e. The lowest BCUT2D eigenvalue weighted by Gasteiger charge is -2.31. The SMILES string of the molecule is CC1(C)Oc2ccc(NC(=O)/C=C3\CCCOc4cc(C(F)(F)F)ccc43)cc2NC1=O.CC1Oc2ccc(NC(=O)/C=C3\CCCOc4cc(C(F)(F)F)ccc43)cc2NC1=O.O=C(/C=C1\CCCOc2cc(C(F)(F)F)ccc21)Nc1ccc2c(c1)NC(=O)C(CCO)O2. The molecule has 6 aliphatic rings. The van der Waals surface area contributed by atoms with Crippen LogP contribution < -0.4 is 60.3 Å². The summed E-state index contributed by atoms with van der Waals surface area (Å²) in [5.41, 5.74) is 2.22. The normalized spacial score (nSPS) is 18.8. The first-order valence-electron chi connectivity index (χ1n) is 30.0. The molecule has 0 fully saturated rings. The largest absolute Gasteiger partial charge is 0.493 e. The average molecular weight is 1340 g/mol. The van der Waals surface area contributed by atoms with Crippen molar-refractivity contribution in [1.29, 1.82) is 0 Å². The highest BCUT2D eigenvalue weighted by atomic mass is 19.4. The van der Waals surface area contributed by atoms with E-state index in [0.717, 1.165) is 36.4 Å². The molecule has 0 radical (unpaired) electrons. The highest BCUT2D eigenvalue weighted by Crippen LogP contribution is 2.43. The van der Waals surface area contributed by atoms with Crippen LogP contribution in [0.25, 0.3) is 16.7 Å². The van der Waals surface area contributed by atoms with Gasteiger partial charge in [0.15, 0.2) is 17.8 Å². The van der Waals surface area contributed by atoms with E-state index < -0.39 is 76.7 Å². The molecule has 28 heteroatoms. The summed E-state index contributed by atoms with van der Waals surface area (Å²) in [5, 5.41) is 25.3. The topological polar surface area (TPSA) is 250 Å². The van der Waals surface area contributed by atoms with Crippen LogP contribution in [0, 0.1) is 0 Å². The zero-order valence-corrected chi connectivity index (χ0v) is 51.3. The minimum Gasteiger partial charge on any atom is -0.493 e. The molecule has 7 N–H and O–H groups in total. The van der Waals surface area contributed by atoms with E-state index in [2.05, 4.69) is 31.9 Å². The molecule has 2 unspecified atom stereocenters. The van der Waals surface area contributed by atoms with Crippen molar-refractivity contribution in [3.05, 3.63) is 161 Å². The van der Waals surface area contributed by atoms with E-state index in [1.165, 1.54) is 36.4 Å². The Kier molecular flexibility index (Phi) is 20.1. The summed E-state index contributed by atoms with van der Waals surface area (Å²) < 4.78 is 150. The Bertz CT molecular complexity index is 4140. The van der Waals surface area contributed by atoms with Gasteiger partial charge in [-0.15, -0.1) is 0 Å². The van der Waals surface area contributed by atoms with E-state index >= 15 is 0 Å². The summed E-state index contributed by atoms with van der Waals surface area (Å²) in [6, 6.07) is 24.2.